The summed E-state index contributed by atoms with van der Waals surface area (Å²) >= 11 is 4.18. The van der Waals surface area contributed by atoms with Gasteiger partial charge in [-0.1, -0.05) is 0 Å². The van der Waals surface area contributed by atoms with Crippen LogP contribution < -0.4 is 8.92 Å². The number of rotatable bonds is 2. The van der Waals surface area contributed by atoms with Crippen molar-refractivity contribution in [2.24, 2.45) is 0 Å². The molecule has 0 atom stereocenters. The predicted molar refractivity (Wildman–Crippen MR) is 113 cm³/mol. The molecule has 0 spiro atoms. The molecule has 5 rings (SSSR count). The van der Waals surface area contributed by atoms with Crippen molar-refractivity contribution in [3.8, 4) is 20.9 Å². The molecule has 1 aliphatic heterocycles. The van der Waals surface area contributed by atoms with Crippen LogP contribution in [0.1, 0.15) is 9.75 Å². The summed E-state index contributed by atoms with van der Waals surface area (Å²) in [5.74, 6) is 0. The van der Waals surface area contributed by atoms with Gasteiger partial charge >= 0.3 is 162 Å². The Hall–Kier alpha value is -1.90. The van der Waals surface area contributed by atoms with Crippen LogP contribution in [0.15, 0.2) is 72.8 Å². The first-order chi connectivity index (χ1) is 12.4. The van der Waals surface area contributed by atoms with Crippen LogP contribution in [0.3, 0.4) is 0 Å². The van der Waals surface area contributed by atoms with Gasteiger partial charge in [-0.25, -0.2) is 0 Å². The summed E-state index contributed by atoms with van der Waals surface area (Å²) < 4.78 is 3.01. The zero-order valence-electron chi connectivity index (χ0n) is 13.3. The number of hydrogen-bond donors (Lipinski definition) is 0. The van der Waals surface area contributed by atoms with Crippen molar-refractivity contribution in [1.29, 1.82) is 0 Å². The van der Waals surface area contributed by atoms with Gasteiger partial charge in [-0.2, -0.15) is 0 Å². The second-order valence-corrected chi connectivity index (χ2v) is 10.3. The third-order valence-corrected chi connectivity index (χ3v) is 9.39. The Morgan fingerprint density at radius 3 is 1.44 bits per heavy atom. The van der Waals surface area contributed by atoms with Crippen LogP contribution in [0, 0.1) is 0 Å². The second kappa shape index (κ2) is 6.44. The van der Waals surface area contributed by atoms with E-state index in [1.54, 1.807) is 0 Å². The maximum atomic E-state index is 2.40. The Labute approximate surface area is 161 Å². The molecule has 3 heteroatoms. The molecular formula is C22H14S2Se. The standard InChI is InChI=1S/C22H14S2Se/c1-3-7-15(8-4-1)19-13-21-17(23-19)11-12-18-22(25-21)14-20(24-18)16-9-5-2-6-10-16/h1-14H. The molecule has 0 unspecified atom stereocenters. The first kappa shape index (κ1) is 15.4. The van der Waals surface area contributed by atoms with Gasteiger partial charge in [-0.3, -0.25) is 0 Å². The van der Waals surface area contributed by atoms with Gasteiger partial charge in [-0.15, -0.1) is 0 Å². The van der Waals surface area contributed by atoms with E-state index in [2.05, 4.69) is 84.9 Å². The van der Waals surface area contributed by atoms with Crippen LogP contribution >= 0.6 is 22.7 Å². The summed E-state index contributed by atoms with van der Waals surface area (Å²) in [4.78, 5) is 5.59. The van der Waals surface area contributed by atoms with Crippen molar-refractivity contribution in [3.63, 3.8) is 0 Å². The van der Waals surface area contributed by atoms with Crippen LogP contribution in [-0.2, 0) is 0 Å². The monoisotopic (exact) mass is 422 g/mol. The average Bonchev–Trinajstić information content (AvgIpc) is 3.23. The summed E-state index contributed by atoms with van der Waals surface area (Å²) in [6, 6.07) is 26.2. The Morgan fingerprint density at radius 2 is 1.00 bits per heavy atom. The molecule has 0 N–H and O–H groups in total. The van der Waals surface area contributed by atoms with Crippen molar-refractivity contribution in [2.45, 2.75) is 0 Å². The first-order valence-electron chi connectivity index (χ1n) is 8.11. The van der Waals surface area contributed by atoms with Gasteiger partial charge in [0.05, 0.1) is 0 Å². The van der Waals surface area contributed by atoms with Gasteiger partial charge in [0.2, 0.25) is 0 Å². The van der Waals surface area contributed by atoms with E-state index < -0.39 is 0 Å². The van der Waals surface area contributed by atoms with Gasteiger partial charge in [0.25, 0.3) is 0 Å². The molecule has 0 aliphatic carbocycles. The van der Waals surface area contributed by atoms with Crippen molar-refractivity contribution >= 4 is 58.7 Å². The van der Waals surface area contributed by atoms with E-state index in [9.17, 15) is 0 Å². The quantitative estimate of drug-likeness (QED) is 0.340. The van der Waals surface area contributed by atoms with Gasteiger partial charge < -0.3 is 0 Å². The Bertz CT molecular complexity index is 970. The van der Waals surface area contributed by atoms with Crippen LogP contribution in [0.4, 0.5) is 0 Å². The summed E-state index contributed by atoms with van der Waals surface area (Å²) in [5.41, 5.74) is 2.64. The van der Waals surface area contributed by atoms with Crippen LogP contribution in [0.2, 0.25) is 0 Å². The second-order valence-electron chi connectivity index (χ2n) is 5.85. The van der Waals surface area contributed by atoms with E-state index >= 15 is 0 Å². The van der Waals surface area contributed by atoms with Crippen molar-refractivity contribution in [2.75, 3.05) is 0 Å². The Balaban J connectivity index is 1.53. The molecule has 0 radical (unpaired) electrons. The van der Waals surface area contributed by atoms with Crippen LogP contribution in [0.5, 0.6) is 0 Å². The van der Waals surface area contributed by atoms with Crippen LogP contribution in [-0.4, -0.2) is 15.0 Å². The number of thiophene rings is 2. The van der Waals surface area contributed by atoms with Gasteiger partial charge in [0.15, 0.2) is 0 Å². The first-order valence-corrected chi connectivity index (χ1v) is 11.5. The molecule has 1 aliphatic rings. The summed E-state index contributed by atoms with van der Waals surface area (Å²) in [7, 11) is 0. The molecule has 2 aromatic heterocycles. The van der Waals surface area contributed by atoms with E-state index in [0.29, 0.717) is 15.0 Å². The molecule has 0 bridgehead atoms. The Morgan fingerprint density at radius 1 is 0.560 bits per heavy atom. The minimum absolute atomic E-state index is 0.362. The summed E-state index contributed by atoms with van der Waals surface area (Å²) in [6.45, 7) is 0. The number of hydrogen-bond acceptors (Lipinski definition) is 2. The molecule has 3 heterocycles. The molecule has 0 nitrogen and oxygen atoms in total. The van der Waals surface area contributed by atoms with Crippen molar-refractivity contribution < 1.29 is 0 Å². The van der Waals surface area contributed by atoms with E-state index in [1.165, 1.54) is 39.6 Å². The van der Waals surface area contributed by atoms with E-state index in [0.717, 1.165) is 0 Å². The maximum absolute atomic E-state index is 2.40. The minimum atomic E-state index is 0.362. The number of benzene rings is 2. The molecule has 0 saturated heterocycles. The molecule has 4 aromatic rings. The van der Waals surface area contributed by atoms with E-state index in [1.807, 2.05) is 22.7 Å². The van der Waals surface area contributed by atoms with E-state index in [4.69, 9.17) is 0 Å². The summed E-state index contributed by atoms with van der Waals surface area (Å²) in [5, 5.41) is 0. The van der Waals surface area contributed by atoms with Crippen LogP contribution in [0.25, 0.3) is 33.0 Å². The zero-order valence-corrected chi connectivity index (χ0v) is 16.7. The van der Waals surface area contributed by atoms with Gasteiger partial charge in [0.1, 0.15) is 0 Å². The topological polar surface area (TPSA) is 0 Å². The molecular weight excluding hydrogens is 407 g/mol. The van der Waals surface area contributed by atoms with Gasteiger partial charge in [-0.05, 0) is 0 Å². The zero-order chi connectivity index (χ0) is 16.6. The summed E-state index contributed by atoms with van der Waals surface area (Å²) in [6.07, 6.45) is 4.62. The van der Waals surface area contributed by atoms with Crippen molar-refractivity contribution in [3.05, 3.63) is 82.6 Å². The third-order valence-electron chi connectivity index (χ3n) is 4.17. The SMILES string of the molecule is C1=Cc2sc(-c3ccccc3)cc2[Se]c2cc(-c3ccccc3)sc21. The fraction of sp³-hybridized carbons (Fsp3) is 0. The Kier molecular flexibility index (Phi) is 3.95. The molecule has 2 aromatic carbocycles. The predicted octanol–water partition coefficient (Wildman–Crippen LogP) is 5.28. The molecule has 0 saturated carbocycles. The molecule has 120 valence electrons. The van der Waals surface area contributed by atoms with E-state index in [-0.39, 0.29) is 0 Å². The number of fused-ring (bicyclic) bond motifs is 2. The van der Waals surface area contributed by atoms with Crippen molar-refractivity contribution in [1.82, 2.24) is 0 Å². The normalized spacial score (nSPS) is 12.5. The fourth-order valence-corrected chi connectivity index (χ4v) is 8.10. The molecule has 25 heavy (non-hydrogen) atoms. The average molecular weight is 421 g/mol. The van der Waals surface area contributed by atoms with Gasteiger partial charge in [0, 0.05) is 0 Å². The fourth-order valence-electron chi connectivity index (χ4n) is 2.93. The molecule has 0 amide bonds. The molecule has 0 fully saturated rings. The third kappa shape index (κ3) is 2.94.